The normalized spacial score (nSPS) is 12.3. The number of aromatic nitrogens is 1. The molecule has 0 saturated carbocycles. The Morgan fingerprint density at radius 3 is 2.79 bits per heavy atom. The Labute approximate surface area is 114 Å². The van der Waals surface area contributed by atoms with E-state index in [1.807, 2.05) is 12.1 Å². The molecule has 1 heterocycles. The molecular weight excluding hydrogens is 260 g/mol. The molecule has 0 radical (unpaired) electrons. The number of aliphatic imine (C=N–C) groups is 1. The number of rotatable bonds is 6. The summed E-state index contributed by atoms with van der Waals surface area (Å²) in [6.45, 7) is 6.75. The van der Waals surface area contributed by atoms with Gasteiger partial charge < -0.3 is 5.32 Å². The third-order valence-corrected chi connectivity index (χ3v) is 3.51. The number of nitrogens with zero attached hydrogens (tertiary/aromatic N) is 3. The third-order valence-electron chi connectivity index (χ3n) is 2.28. The summed E-state index contributed by atoms with van der Waals surface area (Å²) < 4.78 is 0. The van der Waals surface area contributed by atoms with E-state index in [2.05, 4.69) is 34.9 Å². The van der Waals surface area contributed by atoms with Gasteiger partial charge in [-0.2, -0.15) is 0 Å². The first-order valence-corrected chi connectivity index (χ1v) is 9.85. The maximum atomic E-state index is 10.6. The van der Waals surface area contributed by atoms with Gasteiger partial charge in [0.25, 0.3) is 6.54 Å². The highest BCUT2D eigenvalue weighted by Crippen LogP contribution is 2.00. The van der Waals surface area contributed by atoms with E-state index in [4.69, 9.17) is 0 Å². The van der Waals surface area contributed by atoms with E-state index in [0.29, 0.717) is 12.4 Å². The van der Waals surface area contributed by atoms with Crippen LogP contribution in [0.4, 0.5) is 0 Å². The van der Waals surface area contributed by atoms with E-state index in [1.165, 1.54) is 0 Å². The van der Waals surface area contributed by atoms with Gasteiger partial charge >= 0.3 is 0 Å². The lowest BCUT2D eigenvalue weighted by atomic mass is 10.3. The second-order valence-corrected chi connectivity index (χ2v) is 11.0. The maximum Gasteiger partial charge on any atom is 0.259 e. The topological polar surface area (TPSA) is 80.4 Å². The van der Waals surface area contributed by atoms with Crippen molar-refractivity contribution in [2.24, 2.45) is 4.99 Å². The minimum absolute atomic E-state index is 0.259. The van der Waals surface area contributed by atoms with Crippen molar-refractivity contribution in [1.82, 2.24) is 10.3 Å². The van der Waals surface area contributed by atoms with Gasteiger partial charge in [-0.25, -0.2) is 0 Å². The lowest BCUT2D eigenvalue weighted by Crippen LogP contribution is -2.42. The van der Waals surface area contributed by atoms with Crippen molar-refractivity contribution in [1.29, 1.82) is 0 Å². The lowest BCUT2D eigenvalue weighted by Gasteiger charge is -2.17. The van der Waals surface area contributed by atoms with Crippen LogP contribution in [-0.2, 0) is 6.54 Å². The van der Waals surface area contributed by atoms with Gasteiger partial charge in [-0.05, 0) is 11.6 Å². The molecule has 0 aliphatic carbocycles. The average Bonchev–Trinajstić information content (AvgIpc) is 2.32. The number of nitrogens with one attached hydrogen (secondary N) is 1. The van der Waals surface area contributed by atoms with E-state index >= 15 is 0 Å². The number of hydrogen-bond acceptors (Lipinski definition) is 4. The fourth-order valence-corrected chi connectivity index (χ4v) is 2.06. The standard InChI is InChI=1S/C12H20N4O2Si/c1-19(2,3)10-15-12(9-16(17)18)14-8-11-5-4-6-13-7-11/h4-7H,8-10H2,1-3H3,(H,14,15). The molecule has 1 aromatic rings. The summed E-state index contributed by atoms with van der Waals surface area (Å²) in [6.07, 6.45) is 4.19. The number of nitro groups is 1. The van der Waals surface area contributed by atoms with Crippen LogP contribution in [0.3, 0.4) is 0 Å². The van der Waals surface area contributed by atoms with Crippen molar-refractivity contribution in [3.63, 3.8) is 0 Å². The third kappa shape index (κ3) is 7.30. The van der Waals surface area contributed by atoms with Gasteiger partial charge in [-0.3, -0.25) is 20.1 Å². The van der Waals surface area contributed by atoms with Crippen molar-refractivity contribution >= 4 is 13.9 Å². The van der Waals surface area contributed by atoms with Crippen molar-refractivity contribution in [3.05, 3.63) is 40.2 Å². The smallest absolute Gasteiger partial charge is 0.259 e. The monoisotopic (exact) mass is 280 g/mol. The SMILES string of the molecule is C[Si](C)(C)CNC(C[N+](=O)[O-])=NCc1cccnc1. The van der Waals surface area contributed by atoms with Gasteiger partial charge in [0.05, 0.1) is 14.6 Å². The fourth-order valence-electron chi connectivity index (χ4n) is 1.33. The first-order valence-electron chi connectivity index (χ1n) is 6.15. The summed E-state index contributed by atoms with van der Waals surface area (Å²) in [4.78, 5) is 18.5. The Hall–Kier alpha value is -1.76. The molecule has 0 spiro atoms. The van der Waals surface area contributed by atoms with Crippen LogP contribution in [-0.4, -0.2) is 36.5 Å². The Morgan fingerprint density at radius 2 is 2.26 bits per heavy atom. The van der Waals surface area contributed by atoms with Gasteiger partial charge in [0.1, 0.15) is 0 Å². The molecule has 19 heavy (non-hydrogen) atoms. The average molecular weight is 280 g/mol. The molecule has 1 aromatic heterocycles. The molecule has 0 saturated heterocycles. The summed E-state index contributed by atoms with van der Waals surface area (Å²) in [5.41, 5.74) is 0.943. The van der Waals surface area contributed by atoms with E-state index in [9.17, 15) is 10.1 Å². The second kappa shape index (κ2) is 6.98. The van der Waals surface area contributed by atoms with E-state index < -0.39 is 8.07 Å². The Balaban J connectivity index is 2.65. The number of pyridine rings is 1. The van der Waals surface area contributed by atoms with Crippen molar-refractivity contribution < 1.29 is 4.92 Å². The van der Waals surface area contributed by atoms with E-state index in [1.54, 1.807) is 12.4 Å². The molecule has 1 N–H and O–H groups in total. The Kier molecular flexibility index (Phi) is 5.62. The minimum atomic E-state index is -1.31. The summed E-state index contributed by atoms with van der Waals surface area (Å²) in [5.74, 6) is 0.441. The van der Waals surface area contributed by atoms with Gasteiger partial charge in [0.2, 0.25) is 0 Å². The van der Waals surface area contributed by atoms with Crippen molar-refractivity contribution in [3.8, 4) is 0 Å². The Morgan fingerprint density at radius 1 is 1.53 bits per heavy atom. The van der Waals surface area contributed by atoms with Gasteiger partial charge in [-0.15, -0.1) is 0 Å². The molecule has 6 nitrogen and oxygen atoms in total. The molecule has 1 rings (SSSR count). The molecule has 0 amide bonds. The van der Waals surface area contributed by atoms with Crippen LogP contribution in [0.25, 0.3) is 0 Å². The first-order chi connectivity index (χ1) is 8.87. The van der Waals surface area contributed by atoms with Crippen LogP contribution < -0.4 is 5.32 Å². The van der Waals surface area contributed by atoms with E-state index in [0.717, 1.165) is 11.7 Å². The first kappa shape index (κ1) is 15.3. The Bertz CT molecular complexity index is 443. The molecule has 0 fully saturated rings. The van der Waals surface area contributed by atoms with Crippen LogP contribution in [0.1, 0.15) is 5.56 Å². The van der Waals surface area contributed by atoms with Crippen molar-refractivity contribution in [2.45, 2.75) is 26.2 Å². The highest BCUT2D eigenvalue weighted by atomic mass is 28.3. The van der Waals surface area contributed by atoms with Crippen LogP contribution >= 0.6 is 0 Å². The second-order valence-electron chi connectivity index (χ2n) is 5.53. The highest BCUT2D eigenvalue weighted by Gasteiger charge is 2.15. The van der Waals surface area contributed by atoms with Crippen LogP contribution in [0.15, 0.2) is 29.5 Å². The fraction of sp³-hybridized carbons (Fsp3) is 0.500. The predicted molar refractivity (Wildman–Crippen MR) is 78.6 cm³/mol. The van der Waals surface area contributed by atoms with Crippen LogP contribution in [0.5, 0.6) is 0 Å². The zero-order chi connectivity index (χ0) is 14.3. The predicted octanol–water partition coefficient (Wildman–Crippen LogP) is 1.72. The zero-order valence-electron chi connectivity index (χ0n) is 11.6. The lowest BCUT2D eigenvalue weighted by molar-refractivity contribution is -0.463. The number of hydrogen-bond donors (Lipinski definition) is 1. The molecule has 0 aliphatic heterocycles. The van der Waals surface area contributed by atoms with Crippen LogP contribution in [0.2, 0.25) is 19.6 Å². The molecule has 7 heteroatoms. The van der Waals surface area contributed by atoms with Gasteiger partial charge in [0.15, 0.2) is 5.84 Å². The van der Waals surface area contributed by atoms with Crippen LogP contribution in [0, 0.1) is 10.1 Å². The summed E-state index contributed by atoms with van der Waals surface area (Å²) >= 11 is 0. The maximum absolute atomic E-state index is 10.6. The largest absolute Gasteiger partial charge is 0.371 e. The summed E-state index contributed by atoms with van der Waals surface area (Å²) in [6, 6.07) is 3.73. The molecule has 0 bridgehead atoms. The zero-order valence-corrected chi connectivity index (χ0v) is 12.6. The summed E-state index contributed by atoms with van der Waals surface area (Å²) in [5, 5.41) is 13.7. The van der Waals surface area contributed by atoms with Gasteiger partial charge in [0, 0.05) is 23.5 Å². The molecule has 0 unspecified atom stereocenters. The van der Waals surface area contributed by atoms with E-state index in [-0.39, 0.29) is 11.5 Å². The molecular formula is C12H20N4O2Si. The summed E-state index contributed by atoms with van der Waals surface area (Å²) in [7, 11) is -1.31. The molecule has 0 aromatic carbocycles. The van der Waals surface area contributed by atoms with Gasteiger partial charge in [-0.1, -0.05) is 25.7 Å². The molecule has 0 atom stereocenters. The highest BCUT2D eigenvalue weighted by molar-refractivity contribution is 6.76. The van der Waals surface area contributed by atoms with Crippen molar-refractivity contribution in [2.75, 3.05) is 12.7 Å². The molecule has 104 valence electrons. The number of amidine groups is 1. The minimum Gasteiger partial charge on any atom is -0.371 e. The quantitative estimate of drug-likeness (QED) is 0.283. The molecule has 0 aliphatic rings.